The third kappa shape index (κ3) is 4.50. The Labute approximate surface area is 168 Å². The van der Waals surface area contributed by atoms with E-state index in [9.17, 15) is 4.79 Å². The first kappa shape index (κ1) is 18.4. The number of carbonyl (C=O) groups excluding carboxylic acids is 1. The summed E-state index contributed by atoms with van der Waals surface area (Å²) in [7, 11) is 0. The van der Waals surface area contributed by atoms with Crippen molar-refractivity contribution < 1.29 is 9.21 Å². The average molecular weight is 384 g/mol. The first-order chi connectivity index (χ1) is 14.3. The molecule has 4 aromatic rings. The molecular weight excluding hydrogens is 364 g/mol. The van der Waals surface area contributed by atoms with Crippen molar-refractivity contribution in [1.29, 1.82) is 0 Å². The Kier molecular flexibility index (Phi) is 5.62. The molecule has 0 spiro atoms. The van der Waals surface area contributed by atoms with Gasteiger partial charge in [-0.1, -0.05) is 60.7 Å². The second kappa shape index (κ2) is 8.84. The highest BCUT2D eigenvalue weighted by Gasteiger charge is 2.15. The standard InChI is InChI=1S/C23H20N4O2/c28-21(26-25-16-20-12-7-15-29-20)13-14-27-17-24-22(18-8-3-1-4-9-18)23(27)19-10-5-2-6-11-19/h1-12,15-17H,13-14H2,(H,26,28). The number of hydrazone groups is 1. The van der Waals surface area contributed by atoms with Crippen LogP contribution in [0.3, 0.4) is 0 Å². The maximum atomic E-state index is 12.2. The number of aryl methyl sites for hydroxylation is 1. The summed E-state index contributed by atoms with van der Waals surface area (Å²) in [4.78, 5) is 16.8. The van der Waals surface area contributed by atoms with Gasteiger partial charge in [0.25, 0.3) is 0 Å². The fourth-order valence-corrected chi connectivity index (χ4v) is 3.07. The van der Waals surface area contributed by atoms with Crippen LogP contribution < -0.4 is 5.43 Å². The molecule has 4 rings (SSSR count). The molecule has 0 aliphatic rings. The average Bonchev–Trinajstić information content (AvgIpc) is 3.43. The van der Waals surface area contributed by atoms with Crippen LogP contribution in [0.4, 0.5) is 0 Å². The number of nitrogens with zero attached hydrogens (tertiary/aromatic N) is 3. The number of amides is 1. The molecule has 6 heteroatoms. The number of hydrogen-bond donors (Lipinski definition) is 1. The van der Waals surface area contributed by atoms with Crippen molar-refractivity contribution in [2.45, 2.75) is 13.0 Å². The molecule has 2 aromatic heterocycles. The van der Waals surface area contributed by atoms with Crippen LogP contribution in [0.5, 0.6) is 0 Å². The Balaban J connectivity index is 1.51. The number of aromatic nitrogens is 2. The molecule has 1 amide bonds. The zero-order valence-electron chi connectivity index (χ0n) is 15.7. The van der Waals surface area contributed by atoms with Gasteiger partial charge in [0.15, 0.2) is 0 Å². The number of imidazole rings is 1. The number of carbonyl (C=O) groups is 1. The molecule has 0 atom stereocenters. The Morgan fingerprint density at radius 2 is 1.72 bits per heavy atom. The maximum Gasteiger partial charge on any atom is 0.241 e. The molecule has 0 fully saturated rings. The van der Waals surface area contributed by atoms with Gasteiger partial charge in [0.1, 0.15) is 5.76 Å². The zero-order valence-corrected chi connectivity index (χ0v) is 15.7. The minimum Gasteiger partial charge on any atom is -0.463 e. The first-order valence-electron chi connectivity index (χ1n) is 9.32. The SMILES string of the molecule is O=C(CCn1cnc(-c2ccccc2)c1-c1ccccc1)NN=Cc1ccco1. The van der Waals surface area contributed by atoms with Crippen LogP contribution in [0.25, 0.3) is 22.5 Å². The van der Waals surface area contributed by atoms with Gasteiger partial charge in [-0.25, -0.2) is 10.4 Å². The molecule has 6 nitrogen and oxygen atoms in total. The van der Waals surface area contributed by atoms with E-state index in [0.29, 0.717) is 12.3 Å². The lowest BCUT2D eigenvalue weighted by Crippen LogP contribution is -2.19. The summed E-state index contributed by atoms with van der Waals surface area (Å²) < 4.78 is 7.15. The maximum absolute atomic E-state index is 12.2. The van der Waals surface area contributed by atoms with E-state index in [0.717, 1.165) is 22.5 Å². The summed E-state index contributed by atoms with van der Waals surface area (Å²) in [5, 5.41) is 3.92. The van der Waals surface area contributed by atoms with Gasteiger partial charge in [0.05, 0.1) is 30.2 Å². The Bertz CT molecular complexity index is 1080. The molecule has 0 saturated heterocycles. The predicted molar refractivity (Wildman–Crippen MR) is 112 cm³/mol. The van der Waals surface area contributed by atoms with E-state index in [-0.39, 0.29) is 12.3 Å². The third-order valence-corrected chi connectivity index (χ3v) is 4.44. The highest BCUT2D eigenvalue weighted by atomic mass is 16.3. The molecule has 0 aliphatic carbocycles. The second-order valence-electron chi connectivity index (χ2n) is 6.43. The summed E-state index contributed by atoms with van der Waals surface area (Å²) in [6.07, 6.45) is 5.08. The molecule has 2 heterocycles. The Hall–Kier alpha value is -3.93. The summed E-state index contributed by atoms with van der Waals surface area (Å²) in [6.45, 7) is 0.492. The number of furan rings is 1. The van der Waals surface area contributed by atoms with E-state index < -0.39 is 0 Å². The van der Waals surface area contributed by atoms with Gasteiger partial charge in [-0.3, -0.25) is 4.79 Å². The van der Waals surface area contributed by atoms with Crippen LogP contribution >= 0.6 is 0 Å². The molecule has 144 valence electrons. The van der Waals surface area contributed by atoms with Crippen LogP contribution in [-0.4, -0.2) is 21.7 Å². The summed E-state index contributed by atoms with van der Waals surface area (Å²) in [5.41, 5.74) is 6.51. The summed E-state index contributed by atoms with van der Waals surface area (Å²) in [5.74, 6) is 0.403. The Morgan fingerprint density at radius 1 is 1.00 bits per heavy atom. The molecule has 0 saturated carbocycles. The van der Waals surface area contributed by atoms with Crippen molar-refractivity contribution in [2.75, 3.05) is 0 Å². The third-order valence-electron chi connectivity index (χ3n) is 4.44. The minimum atomic E-state index is -0.179. The second-order valence-corrected chi connectivity index (χ2v) is 6.43. The van der Waals surface area contributed by atoms with Gasteiger partial charge in [0.2, 0.25) is 5.91 Å². The van der Waals surface area contributed by atoms with Crippen LogP contribution in [0.2, 0.25) is 0 Å². The number of nitrogens with one attached hydrogen (secondary N) is 1. The highest BCUT2D eigenvalue weighted by Crippen LogP contribution is 2.31. The quantitative estimate of drug-likeness (QED) is 0.380. The van der Waals surface area contributed by atoms with E-state index in [1.165, 1.54) is 6.21 Å². The van der Waals surface area contributed by atoms with Gasteiger partial charge in [-0.15, -0.1) is 0 Å². The van der Waals surface area contributed by atoms with E-state index >= 15 is 0 Å². The predicted octanol–water partition coefficient (Wildman–Crippen LogP) is 4.35. The monoisotopic (exact) mass is 384 g/mol. The van der Waals surface area contributed by atoms with Crippen molar-refractivity contribution in [3.05, 3.63) is 91.1 Å². The van der Waals surface area contributed by atoms with E-state index in [4.69, 9.17) is 4.42 Å². The fourth-order valence-electron chi connectivity index (χ4n) is 3.07. The van der Waals surface area contributed by atoms with Crippen molar-refractivity contribution in [3.8, 4) is 22.5 Å². The van der Waals surface area contributed by atoms with E-state index in [1.807, 2.05) is 65.2 Å². The largest absolute Gasteiger partial charge is 0.463 e. The van der Waals surface area contributed by atoms with Crippen molar-refractivity contribution in [2.24, 2.45) is 5.10 Å². The van der Waals surface area contributed by atoms with E-state index in [1.54, 1.807) is 24.7 Å². The van der Waals surface area contributed by atoms with Crippen LogP contribution in [-0.2, 0) is 11.3 Å². The summed E-state index contributed by atoms with van der Waals surface area (Å²) in [6, 6.07) is 23.6. The molecule has 0 aliphatic heterocycles. The summed E-state index contributed by atoms with van der Waals surface area (Å²) >= 11 is 0. The lowest BCUT2D eigenvalue weighted by molar-refractivity contribution is -0.121. The molecule has 1 N–H and O–H groups in total. The topological polar surface area (TPSA) is 72.4 Å². The zero-order chi connectivity index (χ0) is 19.9. The van der Waals surface area contributed by atoms with Crippen LogP contribution in [0.1, 0.15) is 12.2 Å². The number of hydrogen-bond acceptors (Lipinski definition) is 4. The minimum absolute atomic E-state index is 0.179. The highest BCUT2D eigenvalue weighted by molar-refractivity contribution is 5.81. The molecule has 29 heavy (non-hydrogen) atoms. The molecule has 0 unspecified atom stereocenters. The first-order valence-corrected chi connectivity index (χ1v) is 9.32. The number of rotatable bonds is 7. The van der Waals surface area contributed by atoms with Crippen molar-refractivity contribution >= 4 is 12.1 Å². The van der Waals surface area contributed by atoms with Gasteiger partial charge >= 0.3 is 0 Å². The normalized spacial score (nSPS) is 11.0. The van der Waals surface area contributed by atoms with Gasteiger partial charge in [0, 0.05) is 24.1 Å². The number of benzene rings is 2. The Morgan fingerprint density at radius 3 is 2.41 bits per heavy atom. The van der Waals surface area contributed by atoms with Crippen LogP contribution in [0, 0.1) is 0 Å². The van der Waals surface area contributed by atoms with Gasteiger partial charge in [-0.2, -0.15) is 5.10 Å². The van der Waals surface area contributed by atoms with Gasteiger partial charge in [-0.05, 0) is 12.1 Å². The molecule has 2 aromatic carbocycles. The van der Waals surface area contributed by atoms with E-state index in [2.05, 4.69) is 15.5 Å². The molecule has 0 bridgehead atoms. The van der Waals surface area contributed by atoms with Gasteiger partial charge < -0.3 is 8.98 Å². The smallest absolute Gasteiger partial charge is 0.241 e. The molecule has 0 radical (unpaired) electrons. The van der Waals surface area contributed by atoms with Crippen LogP contribution in [0.15, 0.2) is 94.9 Å². The van der Waals surface area contributed by atoms with Crippen molar-refractivity contribution in [3.63, 3.8) is 0 Å². The lowest BCUT2D eigenvalue weighted by atomic mass is 10.0. The van der Waals surface area contributed by atoms with Crippen molar-refractivity contribution in [1.82, 2.24) is 15.0 Å². The molecular formula is C23H20N4O2. The fraction of sp³-hybridized carbons (Fsp3) is 0.0870. The lowest BCUT2D eigenvalue weighted by Gasteiger charge is -2.10.